The number of nitrogens with zero attached hydrogens (tertiary/aromatic N) is 6. The largest absolute Gasteiger partial charge is 0.457 e. The molecule has 0 N–H and O–H groups in total. The Morgan fingerprint density at radius 1 is 1.29 bits per heavy atom. The summed E-state index contributed by atoms with van der Waals surface area (Å²) in [6.07, 6.45) is -0.0595. The van der Waals surface area contributed by atoms with Crippen molar-refractivity contribution >= 4 is 11.8 Å². The van der Waals surface area contributed by atoms with Gasteiger partial charge in [0.05, 0.1) is 17.5 Å². The van der Waals surface area contributed by atoms with Gasteiger partial charge in [-0.15, -0.1) is 5.10 Å². The standard InChI is InChI=1S/C17H19F3N6O2/c18-17(19,20)13-4-1-7-21-15(13)25-8-2-3-11(9-25)16(27)28-10-14-22-23-24-26(14)12-5-6-12/h1,4,7,11-12H,2-3,5-6,8-10H2/t11-/m1/s1. The van der Waals surface area contributed by atoms with Gasteiger partial charge in [0.1, 0.15) is 5.82 Å². The van der Waals surface area contributed by atoms with Gasteiger partial charge >= 0.3 is 12.1 Å². The van der Waals surface area contributed by atoms with E-state index in [4.69, 9.17) is 4.74 Å². The lowest BCUT2D eigenvalue weighted by atomic mass is 9.98. The molecule has 2 fully saturated rings. The van der Waals surface area contributed by atoms with Crippen LogP contribution in [0.2, 0.25) is 0 Å². The van der Waals surface area contributed by atoms with Crippen molar-refractivity contribution in [1.29, 1.82) is 0 Å². The van der Waals surface area contributed by atoms with Gasteiger partial charge in [-0.25, -0.2) is 9.67 Å². The van der Waals surface area contributed by atoms with Crippen LogP contribution in [0.4, 0.5) is 19.0 Å². The molecule has 0 radical (unpaired) electrons. The molecule has 2 aromatic heterocycles. The highest BCUT2D eigenvalue weighted by Crippen LogP contribution is 2.37. The second kappa shape index (κ2) is 7.36. The summed E-state index contributed by atoms with van der Waals surface area (Å²) in [5.74, 6) is -0.653. The maximum absolute atomic E-state index is 13.3. The molecule has 2 aliphatic rings. The molecule has 28 heavy (non-hydrogen) atoms. The lowest BCUT2D eigenvalue weighted by molar-refractivity contribution is -0.150. The van der Waals surface area contributed by atoms with Crippen molar-refractivity contribution in [2.75, 3.05) is 18.0 Å². The van der Waals surface area contributed by atoms with Crippen LogP contribution in [-0.2, 0) is 22.3 Å². The van der Waals surface area contributed by atoms with Crippen molar-refractivity contribution in [1.82, 2.24) is 25.2 Å². The van der Waals surface area contributed by atoms with Crippen molar-refractivity contribution in [3.8, 4) is 0 Å². The summed E-state index contributed by atoms with van der Waals surface area (Å²) in [4.78, 5) is 17.9. The first-order valence-corrected chi connectivity index (χ1v) is 9.14. The van der Waals surface area contributed by atoms with Gasteiger partial charge in [-0.2, -0.15) is 13.2 Å². The second-order valence-corrected chi connectivity index (χ2v) is 7.04. The van der Waals surface area contributed by atoms with Crippen molar-refractivity contribution in [3.05, 3.63) is 29.7 Å². The fourth-order valence-corrected chi connectivity index (χ4v) is 3.40. The number of carbonyl (C=O) groups excluding carboxylic acids is 1. The molecule has 1 saturated heterocycles. The van der Waals surface area contributed by atoms with Crippen LogP contribution in [0.1, 0.15) is 43.1 Å². The van der Waals surface area contributed by atoms with Gasteiger partial charge in [-0.3, -0.25) is 4.79 Å². The van der Waals surface area contributed by atoms with Crippen LogP contribution in [0.15, 0.2) is 18.3 Å². The first-order valence-electron chi connectivity index (χ1n) is 9.14. The van der Waals surface area contributed by atoms with Crippen LogP contribution in [0.5, 0.6) is 0 Å². The van der Waals surface area contributed by atoms with E-state index >= 15 is 0 Å². The van der Waals surface area contributed by atoms with Crippen molar-refractivity contribution < 1.29 is 22.7 Å². The lowest BCUT2D eigenvalue weighted by Crippen LogP contribution is -2.40. The number of carbonyl (C=O) groups is 1. The highest BCUT2D eigenvalue weighted by molar-refractivity contribution is 5.73. The quantitative estimate of drug-likeness (QED) is 0.717. The highest BCUT2D eigenvalue weighted by atomic mass is 19.4. The van der Waals surface area contributed by atoms with E-state index in [-0.39, 0.29) is 25.0 Å². The fourth-order valence-electron chi connectivity index (χ4n) is 3.40. The molecular weight excluding hydrogens is 377 g/mol. The zero-order valence-corrected chi connectivity index (χ0v) is 15.0. The Bertz CT molecular complexity index is 851. The number of ether oxygens (including phenoxy) is 1. The SMILES string of the molecule is O=C(OCc1nnnn1C1CC1)[C@@H]1CCCN(c2ncccc2C(F)(F)F)C1. The number of piperidine rings is 1. The summed E-state index contributed by atoms with van der Waals surface area (Å²) < 4.78 is 46.8. The van der Waals surface area contributed by atoms with E-state index in [0.29, 0.717) is 25.2 Å². The molecule has 1 atom stereocenters. The summed E-state index contributed by atoms with van der Waals surface area (Å²) in [6, 6.07) is 2.52. The number of hydrogen-bond acceptors (Lipinski definition) is 7. The van der Waals surface area contributed by atoms with E-state index in [2.05, 4.69) is 20.5 Å². The molecular formula is C17H19F3N6O2. The fraction of sp³-hybridized carbons (Fsp3) is 0.588. The Hall–Kier alpha value is -2.72. The second-order valence-electron chi connectivity index (χ2n) is 7.04. The van der Waals surface area contributed by atoms with Gasteiger partial charge in [0.15, 0.2) is 12.4 Å². The first kappa shape index (κ1) is 18.6. The van der Waals surface area contributed by atoms with Crippen LogP contribution in [0.25, 0.3) is 0 Å². The predicted octanol–water partition coefficient (Wildman–Crippen LogP) is 2.38. The number of esters is 1. The van der Waals surface area contributed by atoms with Crippen LogP contribution in [0.3, 0.4) is 0 Å². The molecule has 1 aliphatic carbocycles. The molecule has 4 rings (SSSR count). The van der Waals surface area contributed by atoms with E-state index in [1.807, 2.05) is 0 Å². The number of rotatable bonds is 5. The third kappa shape index (κ3) is 3.92. The molecule has 0 amide bonds. The number of anilines is 1. The van der Waals surface area contributed by atoms with Crippen LogP contribution >= 0.6 is 0 Å². The number of pyridine rings is 1. The Balaban J connectivity index is 1.41. The van der Waals surface area contributed by atoms with Crippen LogP contribution in [0, 0.1) is 5.92 Å². The van der Waals surface area contributed by atoms with E-state index < -0.39 is 23.6 Å². The Labute approximate surface area is 158 Å². The highest BCUT2D eigenvalue weighted by Gasteiger charge is 2.37. The molecule has 2 aromatic rings. The molecule has 0 unspecified atom stereocenters. The van der Waals surface area contributed by atoms with E-state index in [9.17, 15) is 18.0 Å². The molecule has 150 valence electrons. The molecule has 0 bridgehead atoms. The Morgan fingerprint density at radius 2 is 2.11 bits per heavy atom. The number of halogens is 3. The molecule has 11 heteroatoms. The monoisotopic (exact) mass is 396 g/mol. The van der Waals surface area contributed by atoms with Gasteiger partial charge in [0, 0.05) is 19.3 Å². The van der Waals surface area contributed by atoms with Crippen LogP contribution in [-0.4, -0.2) is 44.3 Å². The zero-order chi connectivity index (χ0) is 19.7. The van der Waals surface area contributed by atoms with Gasteiger partial charge in [-0.05, 0) is 48.2 Å². The van der Waals surface area contributed by atoms with Crippen molar-refractivity contribution in [2.24, 2.45) is 5.92 Å². The minimum absolute atomic E-state index is 0.0454. The summed E-state index contributed by atoms with van der Waals surface area (Å²) >= 11 is 0. The smallest absolute Gasteiger partial charge is 0.419 e. The van der Waals surface area contributed by atoms with Gasteiger partial charge in [0.2, 0.25) is 0 Å². The number of aromatic nitrogens is 5. The average Bonchev–Trinajstić information content (AvgIpc) is 3.43. The first-order chi connectivity index (χ1) is 13.4. The normalized spacial score (nSPS) is 20.2. The lowest BCUT2D eigenvalue weighted by Gasteiger charge is -2.33. The van der Waals surface area contributed by atoms with Gasteiger partial charge in [-0.1, -0.05) is 0 Å². The molecule has 0 aromatic carbocycles. The summed E-state index contributed by atoms with van der Waals surface area (Å²) in [7, 11) is 0. The number of alkyl halides is 3. The Kier molecular flexibility index (Phi) is 4.90. The van der Waals surface area contributed by atoms with Crippen LogP contribution < -0.4 is 4.90 Å². The molecule has 8 nitrogen and oxygen atoms in total. The minimum Gasteiger partial charge on any atom is -0.457 e. The van der Waals surface area contributed by atoms with Crippen molar-refractivity contribution in [3.63, 3.8) is 0 Å². The average molecular weight is 396 g/mol. The number of hydrogen-bond donors (Lipinski definition) is 0. The zero-order valence-electron chi connectivity index (χ0n) is 15.0. The molecule has 1 aliphatic heterocycles. The van der Waals surface area contributed by atoms with Gasteiger partial charge in [0.25, 0.3) is 0 Å². The summed E-state index contributed by atoms with van der Waals surface area (Å²) in [5, 5.41) is 11.4. The maximum Gasteiger partial charge on any atom is 0.419 e. The summed E-state index contributed by atoms with van der Waals surface area (Å²) in [6.45, 7) is 0.493. The molecule has 1 saturated carbocycles. The van der Waals surface area contributed by atoms with Crippen molar-refractivity contribution in [2.45, 2.75) is 44.5 Å². The predicted molar refractivity (Wildman–Crippen MR) is 90.1 cm³/mol. The third-order valence-electron chi connectivity index (χ3n) is 4.94. The Morgan fingerprint density at radius 3 is 2.86 bits per heavy atom. The van der Waals surface area contributed by atoms with E-state index in [1.165, 1.54) is 17.2 Å². The third-order valence-corrected chi connectivity index (χ3v) is 4.94. The number of tetrazole rings is 1. The van der Waals surface area contributed by atoms with E-state index in [1.54, 1.807) is 4.68 Å². The van der Waals surface area contributed by atoms with Gasteiger partial charge < -0.3 is 9.64 Å². The summed E-state index contributed by atoms with van der Waals surface area (Å²) in [5.41, 5.74) is -0.798. The topological polar surface area (TPSA) is 86.0 Å². The minimum atomic E-state index is -4.50. The molecule has 0 spiro atoms. The molecule has 3 heterocycles. The van der Waals surface area contributed by atoms with E-state index in [0.717, 1.165) is 18.9 Å². The maximum atomic E-state index is 13.3.